The Morgan fingerprint density at radius 2 is 1.41 bits per heavy atom. The largest absolute Gasteiger partial charge is 0.457 e. The van der Waals surface area contributed by atoms with Gasteiger partial charge in [0, 0.05) is 41.2 Å². The maximum atomic E-state index is 11.2. The Morgan fingerprint density at radius 3 is 2.00 bits per heavy atom. The summed E-state index contributed by atoms with van der Waals surface area (Å²) in [6.45, 7) is -1.71. The Hall–Kier alpha value is -0.451. The Bertz CT molecular complexity index is 1350. The molecule has 1 aromatic rings. The average Bonchev–Trinajstić information content (AvgIpc) is 3.47. The number of hydrogen-bond donors (Lipinski definition) is 12. The van der Waals surface area contributed by atoms with Gasteiger partial charge >= 0.3 is 5.97 Å². The number of carbonyl (C=O) groups is 1. The molecule has 21 heteroatoms. The second-order valence-corrected chi connectivity index (χ2v) is 13.3. The molecule has 1 saturated carbocycles. The summed E-state index contributed by atoms with van der Waals surface area (Å²) in [4.78, 5) is 11.2. The first-order valence-electron chi connectivity index (χ1n) is 14.7. The molecule has 5 rings (SSSR count). The van der Waals surface area contributed by atoms with Crippen LogP contribution in [0.15, 0.2) is 11.6 Å². The van der Waals surface area contributed by atoms with Crippen LogP contribution in [0.25, 0.3) is 0 Å². The van der Waals surface area contributed by atoms with Crippen LogP contribution in [0.4, 0.5) is 0 Å². The van der Waals surface area contributed by atoms with E-state index in [4.69, 9.17) is 60.6 Å². The quantitative estimate of drug-likeness (QED) is 0.0435. The van der Waals surface area contributed by atoms with Gasteiger partial charge in [0.2, 0.25) is 0 Å². The molecule has 0 unspecified atom stereocenters. The maximum Gasteiger partial charge on any atom is 0.340 e. The first kappa shape index (κ1) is 43.0. The van der Waals surface area contributed by atoms with E-state index < -0.39 is 111 Å². The van der Waals surface area contributed by atoms with Crippen LogP contribution >= 0.6 is 46.4 Å². The van der Waals surface area contributed by atoms with Gasteiger partial charge in [-0.15, -0.1) is 0 Å². The molecule has 4 aliphatic rings. The second kappa shape index (κ2) is 18.1. The minimum atomic E-state index is -1.75. The number of rotatable bonds is 7. The van der Waals surface area contributed by atoms with E-state index in [-0.39, 0.29) is 61.3 Å². The molecule has 2 aliphatic carbocycles. The smallest absolute Gasteiger partial charge is 0.340 e. The molecule has 2 heterocycles. The van der Waals surface area contributed by atoms with E-state index in [1.165, 1.54) is 6.08 Å². The van der Waals surface area contributed by atoms with E-state index in [9.17, 15) is 61.0 Å². The third-order valence-electron chi connectivity index (χ3n) is 8.81. The van der Waals surface area contributed by atoms with Crippen molar-refractivity contribution in [3.63, 3.8) is 0 Å². The topological polar surface area (TPSA) is 279 Å². The number of cyclic esters (lactones) is 1. The zero-order chi connectivity index (χ0) is 35.8. The molecule has 0 bridgehead atoms. The third kappa shape index (κ3) is 8.69. The van der Waals surface area contributed by atoms with Crippen LogP contribution in [0.1, 0.15) is 22.3 Å². The normalized spacial score (nSPS) is 38.8. The summed E-state index contributed by atoms with van der Waals surface area (Å²) < 4.78 is 15.6. The van der Waals surface area contributed by atoms with E-state index in [2.05, 4.69) is 5.32 Å². The van der Waals surface area contributed by atoms with Crippen molar-refractivity contribution >= 4 is 52.4 Å². The van der Waals surface area contributed by atoms with Crippen molar-refractivity contribution in [1.29, 1.82) is 0 Å². The Balaban J connectivity index is 0.000000361. The standard InChI is InChI=1S/C20H35NO13.C8H2Cl4O2.Cu/c22-3-6-1-8(12(26)15(29)11(6)25)21-9-2-7(4-23)19(17(31)13(9)27)34-20-18(32)16(30)14(28)10(5-24)33-20;9-4-2-1-14-8(13)3(2)5(10)7(12)6(4)11;/h1,7-32H,2-5H2;1H2;/t7-,8+,9+,10-,11-,12+,13+,14-,15+,16+,17-,18-,19-,20+;;/m1../s1. The minimum Gasteiger partial charge on any atom is -0.457 e. The number of aliphatic hydroxyl groups excluding tert-OH is 11. The number of carbonyl (C=O) groups excluding carboxylic acids is 1. The van der Waals surface area contributed by atoms with Crippen LogP contribution < -0.4 is 5.32 Å². The SMILES string of the molecule is O=C1OCc2c(Cl)c(Cl)c(Cl)c(Cl)c21.OCC1=C[C@H](N[C@H]2C[C@H](CO)[C@@H](O[C@@H]3O[C@H](CO)[C@@H](O)[C@H](O)[C@H]3O)[C@H](O)[C@H]2O)[C@H](O)[C@@H](O)[C@@H]1O.[Cu]. The Morgan fingerprint density at radius 1 is 0.776 bits per heavy atom. The van der Waals surface area contributed by atoms with Crippen LogP contribution in [0.3, 0.4) is 0 Å². The number of fused-ring (bicyclic) bond motifs is 1. The molecule has 49 heavy (non-hydrogen) atoms. The molecule has 1 radical (unpaired) electrons. The number of benzene rings is 1. The maximum absolute atomic E-state index is 11.2. The molecule has 283 valence electrons. The minimum absolute atomic E-state index is 0. The fraction of sp³-hybridized carbons (Fsp3) is 0.679. The average molecular weight is 833 g/mol. The summed E-state index contributed by atoms with van der Waals surface area (Å²) in [6, 6.07) is -1.94. The van der Waals surface area contributed by atoms with Gasteiger partial charge in [-0.05, 0) is 12.0 Å². The van der Waals surface area contributed by atoms with Gasteiger partial charge in [-0.3, -0.25) is 0 Å². The molecule has 0 aromatic heterocycles. The van der Waals surface area contributed by atoms with E-state index in [0.29, 0.717) is 5.56 Å². The van der Waals surface area contributed by atoms with Crippen molar-refractivity contribution < 1.29 is 92.2 Å². The zero-order valence-electron chi connectivity index (χ0n) is 25.1. The van der Waals surface area contributed by atoms with Gasteiger partial charge in [-0.25, -0.2) is 4.79 Å². The fourth-order valence-electron chi connectivity index (χ4n) is 6.00. The summed E-state index contributed by atoms with van der Waals surface area (Å²) in [5.41, 5.74) is 0.769. The first-order chi connectivity index (χ1) is 22.6. The van der Waals surface area contributed by atoms with Gasteiger partial charge in [-0.2, -0.15) is 0 Å². The van der Waals surface area contributed by atoms with Gasteiger partial charge in [0.25, 0.3) is 0 Å². The van der Waals surface area contributed by atoms with Gasteiger partial charge < -0.3 is 75.7 Å². The molecule has 12 N–H and O–H groups in total. The predicted octanol–water partition coefficient (Wildman–Crippen LogP) is -2.78. The van der Waals surface area contributed by atoms with E-state index >= 15 is 0 Å². The third-order valence-corrected chi connectivity index (χ3v) is 10.7. The summed E-state index contributed by atoms with van der Waals surface area (Å²) in [7, 11) is 0. The molecular formula is C28H37Cl4CuNO15. The number of nitrogens with one attached hydrogen (secondary N) is 1. The van der Waals surface area contributed by atoms with Crippen LogP contribution in [-0.2, 0) is 37.9 Å². The van der Waals surface area contributed by atoms with Crippen LogP contribution in [0.2, 0.25) is 20.1 Å². The number of aliphatic hydroxyl groups is 11. The molecule has 16 nitrogen and oxygen atoms in total. The Kier molecular flexibility index (Phi) is 15.8. The number of hydrogen-bond acceptors (Lipinski definition) is 16. The van der Waals surface area contributed by atoms with Crippen molar-refractivity contribution in [1.82, 2.24) is 5.32 Å². The van der Waals surface area contributed by atoms with E-state index in [1.54, 1.807) is 0 Å². The van der Waals surface area contributed by atoms with Gasteiger partial charge in [-0.1, -0.05) is 52.5 Å². The predicted molar refractivity (Wildman–Crippen MR) is 165 cm³/mol. The van der Waals surface area contributed by atoms with Crippen LogP contribution in [-0.4, -0.2) is 161 Å². The fourth-order valence-corrected chi connectivity index (χ4v) is 7.03. The molecule has 0 amide bonds. The number of ether oxygens (including phenoxy) is 3. The van der Waals surface area contributed by atoms with E-state index in [1.807, 2.05) is 0 Å². The Labute approximate surface area is 309 Å². The van der Waals surface area contributed by atoms with Crippen molar-refractivity contribution in [2.24, 2.45) is 5.92 Å². The number of esters is 1. The summed E-state index contributed by atoms with van der Waals surface area (Å²) in [5, 5.41) is 114. The van der Waals surface area contributed by atoms with Crippen molar-refractivity contribution in [2.75, 3.05) is 19.8 Å². The number of halogens is 4. The van der Waals surface area contributed by atoms with Gasteiger partial charge in [0.1, 0.15) is 55.4 Å². The second-order valence-electron chi connectivity index (χ2n) is 11.8. The van der Waals surface area contributed by atoms with Crippen molar-refractivity contribution in [3.05, 3.63) is 42.9 Å². The molecule has 1 saturated heterocycles. The van der Waals surface area contributed by atoms with E-state index in [0.717, 1.165) is 0 Å². The van der Waals surface area contributed by atoms with Gasteiger partial charge in [0.05, 0.1) is 57.1 Å². The molecule has 0 spiro atoms. The van der Waals surface area contributed by atoms with Crippen molar-refractivity contribution in [2.45, 2.75) is 92.4 Å². The monoisotopic (exact) mass is 830 g/mol. The summed E-state index contributed by atoms with van der Waals surface area (Å²) >= 11 is 23.3. The van der Waals surface area contributed by atoms with Crippen LogP contribution in [0.5, 0.6) is 0 Å². The summed E-state index contributed by atoms with van der Waals surface area (Å²) in [5.74, 6) is -1.36. The molecular weight excluding hydrogens is 796 g/mol. The summed E-state index contributed by atoms with van der Waals surface area (Å²) in [6.07, 6.45) is -15.7. The van der Waals surface area contributed by atoms with Gasteiger partial charge in [0.15, 0.2) is 6.29 Å². The molecule has 2 fully saturated rings. The van der Waals surface area contributed by atoms with Crippen molar-refractivity contribution in [3.8, 4) is 0 Å². The first-order valence-corrected chi connectivity index (χ1v) is 16.2. The zero-order valence-corrected chi connectivity index (χ0v) is 29.0. The van der Waals surface area contributed by atoms with Crippen LogP contribution in [0, 0.1) is 5.92 Å². The molecule has 1 aromatic carbocycles. The molecule has 14 atom stereocenters. The molecule has 2 aliphatic heterocycles.